The van der Waals surface area contributed by atoms with Gasteiger partial charge in [0.1, 0.15) is 5.75 Å². The molecule has 0 aromatic heterocycles. The average Bonchev–Trinajstić information content (AvgIpc) is 2.80. The zero-order valence-corrected chi connectivity index (χ0v) is 17.8. The summed E-state index contributed by atoms with van der Waals surface area (Å²) in [4.78, 5) is 40.4. The summed E-state index contributed by atoms with van der Waals surface area (Å²) in [5, 5.41) is 2.82. The first-order valence-corrected chi connectivity index (χ1v) is 9.97. The standard InChI is InChI=1S/C21H22BrN3O4/c1-14-10-19(26)23-17-8-3-4-9-18(17)25(14)20(27)12-24(2)21(28)13-29-16-7-5-6-15(22)11-16/h3-9,11,14H,10,12-13H2,1-2H3,(H,23,26)/t14-/m0/s1. The third-order valence-electron chi connectivity index (χ3n) is 4.58. The van der Waals surface area contributed by atoms with Crippen molar-refractivity contribution in [3.63, 3.8) is 0 Å². The zero-order valence-electron chi connectivity index (χ0n) is 16.2. The van der Waals surface area contributed by atoms with Gasteiger partial charge in [-0.2, -0.15) is 0 Å². The van der Waals surface area contributed by atoms with Crippen LogP contribution >= 0.6 is 15.9 Å². The largest absolute Gasteiger partial charge is 0.484 e. The van der Waals surface area contributed by atoms with E-state index < -0.39 is 0 Å². The molecule has 3 amide bonds. The van der Waals surface area contributed by atoms with Crippen molar-refractivity contribution in [2.45, 2.75) is 19.4 Å². The SMILES string of the molecule is C[C@H]1CC(=O)Nc2ccccc2N1C(=O)CN(C)C(=O)COc1cccc(Br)c1. The Morgan fingerprint density at radius 3 is 2.76 bits per heavy atom. The Labute approximate surface area is 177 Å². The van der Waals surface area contributed by atoms with Crippen molar-refractivity contribution >= 4 is 45.0 Å². The van der Waals surface area contributed by atoms with E-state index in [1.807, 2.05) is 25.1 Å². The number of carbonyl (C=O) groups is 3. The smallest absolute Gasteiger partial charge is 0.260 e. The van der Waals surface area contributed by atoms with Crippen LogP contribution in [-0.2, 0) is 14.4 Å². The molecule has 1 aliphatic rings. The van der Waals surface area contributed by atoms with Crippen LogP contribution < -0.4 is 15.0 Å². The maximum Gasteiger partial charge on any atom is 0.260 e. The number of halogens is 1. The molecule has 3 rings (SSSR count). The van der Waals surface area contributed by atoms with Gasteiger partial charge in [0.25, 0.3) is 5.91 Å². The molecule has 0 bridgehead atoms. The maximum absolute atomic E-state index is 13.0. The Hall–Kier alpha value is -2.87. The second-order valence-electron chi connectivity index (χ2n) is 6.88. The third-order valence-corrected chi connectivity index (χ3v) is 5.08. The van der Waals surface area contributed by atoms with Crippen molar-refractivity contribution in [1.82, 2.24) is 4.90 Å². The van der Waals surface area contributed by atoms with Crippen LogP contribution in [0.1, 0.15) is 13.3 Å². The second kappa shape index (κ2) is 9.09. The van der Waals surface area contributed by atoms with Gasteiger partial charge in [0.2, 0.25) is 11.8 Å². The van der Waals surface area contributed by atoms with Crippen LogP contribution in [0.4, 0.5) is 11.4 Å². The number of benzene rings is 2. The molecule has 0 fully saturated rings. The highest BCUT2D eigenvalue weighted by atomic mass is 79.9. The molecule has 2 aromatic carbocycles. The Bertz CT molecular complexity index is 934. The minimum atomic E-state index is -0.326. The lowest BCUT2D eigenvalue weighted by Gasteiger charge is -2.29. The van der Waals surface area contributed by atoms with Gasteiger partial charge in [0.05, 0.1) is 17.9 Å². The number of amides is 3. The summed E-state index contributed by atoms with van der Waals surface area (Å²) in [6.07, 6.45) is 0.185. The van der Waals surface area contributed by atoms with E-state index in [0.29, 0.717) is 17.1 Å². The average molecular weight is 460 g/mol. The molecule has 1 heterocycles. The van der Waals surface area contributed by atoms with E-state index in [1.54, 1.807) is 42.3 Å². The molecule has 0 aliphatic carbocycles. The number of anilines is 2. The third kappa shape index (κ3) is 5.14. The highest BCUT2D eigenvalue weighted by Gasteiger charge is 2.30. The van der Waals surface area contributed by atoms with Gasteiger partial charge in [0.15, 0.2) is 6.61 Å². The molecular weight excluding hydrogens is 438 g/mol. The molecule has 1 N–H and O–H groups in total. The molecule has 2 aromatic rings. The fourth-order valence-electron chi connectivity index (χ4n) is 3.15. The van der Waals surface area contributed by atoms with E-state index in [-0.39, 0.29) is 43.3 Å². The summed E-state index contributed by atoms with van der Waals surface area (Å²) in [6, 6.07) is 14.0. The summed E-state index contributed by atoms with van der Waals surface area (Å²) in [6.45, 7) is 1.53. The molecule has 0 unspecified atom stereocenters. The Morgan fingerprint density at radius 2 is 2.00 bits per heavy atom. The van der Waals surface area contributed by atoms with Crippen LogP contribution in [-0.4, -0.2) is 48.9 Å². The summed E-state index contributed by atoms with van der Waals surface area (Å²) >= 11 is 3.35. The molecule has 152 valence electrons. The fourth-order valence-corrected chi connectivity index (χ4v) is 3.53. The van der Waals surface area contributed by atoms with E-state index in [0.717, 1.165) is 4.47 Å². The summed E-state index contributed by atoms with van der Waals surface area (Å²) < 4.78 is 6.36. The molecule has 29 heavy (non-hydrogen) atoms. The molecule has 0 spiro atoms. The van der Waals surface area contributed by atoms with E-state index in [2.05, 4.69) is 21.2 Å². The first-order valence-electron chi connectivity index (χ1n) is 9.18. The van der Waals surface area contributed by atoms with Crippen LogP contribution in [0.25, 0.3) is 0 Å². The van der Waals surface area contributed by atoms with Gasteiger partial charge in [-0.3, -0.25) is 14.4 Å². The van der Waals surface area contributed by atoms with Gasteiger partial charge in [-0.1, -0.05) is 34.1 Å². The molecular formula is C21H22BrN3O4. The number of fused-ring (bicyclic) bond motifs is 1. The molecule has 0 radical (unpaired) electrons. The van der Waals surface area contributed by atoms with E-state index in [9.17, 15) is 14.4 Å². The van der Waals surface area contributed by atoms with Crippen LogP contribution in [0, 0.1) is 0 Å². The van der Waals surface area contributed by atoms with Gasteiger partial charge in [-0.05, 0) is 37.3 Å². The Balaban J connectivity index is 1.66. The molecule has 7 nitrogen and oxygen atoms in total. The van der Waals surface area contributed by atoms with Crippen molar-refractivity contribution in [3.8, 4) is 5.75 Å². The zero-order chi connectivity index (χ0) is 21.0. The highest BCUT2D eigenvalue weighted by Crippen LogP contribution is 2.31. The fraction of sp³-hybridized carbons (Fsp3) is 0.286. The number of ether oxygens (including phenoxy) is 1. The normalized spacial score (nSPS) is 15.8. The molecule has 1 aliphatic heterocycles. The van der Waals surface area contributed by atoms with E-state index in [1.165, 1.54) is 4.90 Å². The second-order valence-corrected chi connectivity index (χ2v) is 7.79. The lowest BCUT2D eigenvalue weighted by atomic mass is 10.1. The molecule has 0 saturated heterocycles. The number of carbonyl (C=O) groups excluding carboxylic acids is 3. The summed E-state index contributed by atoms with van der Waals surface area (Å²) in [7, 11) is 1.56. The van der Waals surface area contributed by atoms with Gasteiger partial charge in [0, 0.05) is 24.0 Å². The summed E-state index contributed by atoms with van der Waals surface area (Å²) in [5.41, 5.74) is 1.21. The predicted molar refractivity (Wildman–Crippen MR) is 114 cm³/mol. The van der Waals surface area contributed by atoms with Gasteiger partial charge >= 0.3 is 0 Å². The van der Waals surface area contributed by atoms with Crippen LogP contribution in [0.5, 0.6) is 5.75 Å². The number of hydrogen-bond donors (Lipinski definition) is 1. The first-order chi connectivity index (χ1) is 13.8. The maximum atomic E-state index is 13.0. The lowest BCUT2D eigenvalue weighted by molar-refractivity contribution is -0.135. The predicted octanol–water partition coefficient (Wildman–Crippen LogP) is 3.05. The number of rotatable bonds is 5. The van der Waals surface area contributed by atoms with Crippen molar-refractivity contribution in [2.24, 2.45) is 0 Å². The van der Waals surface area contributed by atoms with Crippen LogP contribution in [0.3, 0.4) is 0 Å². The lowest BCUT2D eigenvalue weighted by Crippen LogP contribution is -2.46. The number of nitrogens with one attached hydrogen (secondary N) is 1. The summed E-state index contributed by atoms with van der Waals surface area (Å²) in [5.74, 6) is -0.165. The number of nitrogens with zero attached hydrogens (tertiary/aromatic N) is 2. The molecule has 0 saturated carbocycles. The molecule has 1 atom stereocenters. The minimum absolute atomic E-state index is 0.118. The van der Waals surface area contributed by atoms with Crippen LogP contribution in [0.15, 0.2) is 53.0 Å². The Kier molecular flexibility index (Phi) is 6.53. The topological polar surface area (TPSA) is 79.0 Å². The quantitative estimate of drug-likeness (QED) is 0.744. The molecule has 8 heteroatoms. The number of likely N-dealkylation sites (N-methyl/N-ethyl adjacent to an activating group) is 1. The minimum Gasteiger partial charge on any atom is -0.484 e. The Morgan fingerprint density at radius 1 is 1.24 bits per heavy atom. The highest BCUT2D eigenvalue weighted by molar-refractivity contribution is 9.10. The number of hydrogen-bond acceptors (Lipinski definition) is 4. The van der Waals surface area contributed by atoms with Gasteiger partial charge in [-0.15, -0.1) is 0 Å². The van der Waals surface area contributed by atoms with Crippen molar-refractivity contribution < 1.29 is 19.1 Å². The van der Waals surface area contributed by atoms with Gasteiger partial charge < -0.3 is 19.9 Å². The van der Waals surface area contributed by atoms with Crippen molar-refractivity contribution in [2.75, 3.05) is 30.4 Å². The van der Waals surface area contributed by atoms with E-state index >= 15 is 0 Å². The number of para-hydroxylation sites is 2. The van der Waals surface area contributed by atoms with E-state index in [4.69, 9.17) is 4.74 Å². The van der Waals surface area contributed by atoms with Crippen LogP contribution in [0.2, 0.25) is 0 Å². The van der Waals surface area contributed by atoms with Crippen molar-refractivity contribution in [3.05, 3.63) is 53.0 Å². The first kappa shape index (κ1) is 20.9. The van der Waals surface area contributed by atoms with Gasteiger partial charge in [-0.25, -0.2) is 0 Å². The monoisotopic (exact) mass is 459 g/mol. The van der Waals surface area contributed by atoms with Crippen molar-refractivity contribution in [1.29, 1.82) is 0 Å².